The summed E-state index contributed by atoms with van der Waals surface area (Å²) in [5, 5.41) is 0. The summed E-state index contributed by atoms with van der Waals surface area (Å²) in [6.07, 6.45) is 3.92. The Bertz CT molecular complexity index is 379. The molecule has 0 spiro atoms. The highest BCUT2D eigenvalue weighted by Crippen LogP contribution is 2.38. The van der Waals surface area contributed by atoms with Crippen LogP contribution in [0.15, 0.2) is 0 Å². The van der Waals surface area contributed by atoms with Gasteiger partial charge in [-0.25, -0.2) is 4.79 Å². The number of esters is 1. The summed E-state index contributed by atoms with van der Waals surface area (Å²) in [5.74, 6) is -0.104. The van der Waals surface area contributed by atoms with Crippen molar-refractivity contribution in [3.63, 3.8) is 0 Å². The number of nitrogens with zero attached hydrogens (tertiary/aromatic N) is 1. The molecule has 0 atom stereocenters. The van der Waals surface area contributed by atoms with E-state index in [0.717, 1.165) is 19.3 Å². The van der Waals surface area contributed by atoms with Crippen LogP contribution in [0.25, 0.3) is 0 Å². The normalized spacial score (nSPS) is 18.0. The van der Waals surface area contributed by atoms with Gasteiger partial charge in [0.15, 0.2) is 0 Å². The number of hydrogen-bond acceptors (Lipinski definition) is 4. The number of unbranched alkanes of at least 4 members (excludes halogenated alkanes) is 1. The zero-order valence-corrected chi connectivity index (χ0v) is 14.7. The monoisotopic (exact) mass is 313 g/mol. The maximum Gasteiger partial charge on any atom is 0.410 e. The SMILES string of the molecule is CCCCC1(C(=O)OCC)CCN(C(=O)OC(C)(C)C)CC1. The van der Waals surface area contributed by atoms with Crippen LogP contribution in [-0.2, 0) is 14.3 Å². The highest BCUT2D eigenvalue weighted by Gasteiger charge is 2.43. The lowest BCUT2D eigenvalue weighted by Gasteiger charge is -2.40. The van der Waals surface area contributed by atoms with Gasteiger partial charge < -0.3 is 14.4 Å². The highest BCUT2D eigenvalue weighted by molar-refractivity contribution is 5.77. The van der Waals surface area contributed by atoms with Crippen LogP contribution in [0, 0.1) is 5.41 Å². The molecule has 0 aromatic rings. The molecular formula is C17H31NO4. The minimum absolute atomic E-state index is 0.104. The Labute approximate surface area is 134 Å². The van der Waals surface area contributed by atoms with E-state index in [-0.39, 0.29) is 12.1 Å². The van der Waals surface area contributed by atoms with Crippen molar-refractivity contribution in [3.8, 4) is 0 Å². The lowest BCUT2D eigenvalue weighted by Crippen LogP contribution is -2.48. The number of rotatable bonds is 5. The summed E-state index contributed by atoms with van der Waals surface area (Å²) < 4.78 is 10.7. The second-order valence-electron chi connectivity index (χ2n) is 7.07. The van der Waals surface area contributed by atoms with Crippen molar-refractivity contribution in [1.29, 1.82) is 0 Å². The van der Waals surface area contributed by atoms with Crippen molar-refractivity contribution < 1.29 is 19.1 Å². The fourth-order valence-corrected chi connectivity index (χ4v) is 2.80. The summed E-state index contributed by atoms with van der Waals surface area (Å²) >= 11 is 0. The fraction of sp³-hybridized carbons (Fsp3) is 0.882. The molecule has 0 saturated carbocycles. The van der Waals surface area contributed by atoms with Crippen LogP contribution in [0.3, 0.4) is 0 Å². The molecule has 1 heterocycles. The molecule has 0 radical (unpaired) electrons. The molecule has 1 aliphatic heterocycles. The third-order valence-corrected chi connectivity index (χ3v) is 4.09. The predicted octanol–water partition coefficient (Wildman–Crippen LogP) is 3.76. The predicted molar refractivity (Wildman–Crippen MR) is 85.6 cm³/mol. The van der Waals surface area contributed by atoms with Gasteiger partial charge in [-0.2, -0.15) is 0 Å². The Morgan fingerprint density at radius 1 is 1.14 bits per heavy atom. The molecule has 0 bridgehead atoms. The molecular weight excluding hydrogens is 282 g/mol. The second kappa shape index (κ2) is 7.84. The minimum Gasteiger partial charge on any atom is -0.466 e. The zero-order chi connectivity index (χ0) is 16.8. The summed E-state index contributed by atoms with van der Waals surface area (Å²) in [6.45, 7) is 11.0. The van der Waals surface area contributed by atoms with E-state index in [1.54, 1.807) is 4.90 Å². The molecule has 1 rings (SSSR count). The number of hydrogen-bond donors (Lipinski definition) is 0. The van der Waals surface area contributed by atoms with Crippen LogP contribution in [0.4, 0.5) is 4.79 Å². The van der Waals surface area contributed by atoms with Gasteiger partial charge in [-0.05, 0) is 47.0 Å². The Kier molecular flexibility index (Phi) is 6.69. The van der Waals surface area contributed by atoms with Crippen LogP contribution in [0.2, 0.25) is 0 Å². The second-order valence-corrected chi connectivity index (χ2v) is 7.07. The van der Waals surface area contributed by atoms with Gasteiger partial charge in [0.05, 0.1) is 12.0 Å². The van der Waals surface area contributed by atoms with E-state index in [1.807, 2.05) is 27.7 Å². The van der Waals surface area contributed by atoms with Gasteiger partial charge in [-0.1, -0.05) is 19.8 Å². The first kappa shape index (κ1) is 18.8. The Morgan fingerprint density at radius 3 is 2.18 bits per heavy atom. The summed E-state index contributed by atoms with van der Waals surface area (Å²) in [6, 6.07) is 0. The van der Waals surface area contributed by atoms with Gasteiger partial charge >= 0.3 is 12.1 Å². The topological polar surface area (TPSA) is 55.8 Å². The molecule has 0 aromatic carbocycles. The van der Waals surface area contributed by atoms with Crippen molar-refractivity contribution >= 4 is 12.1 Å². The smallest absolute Gasteiger partial charge is 0.410 e. The molecule has 1 saturated heterocycles. The number of amides is 1. The quantitative estimate of drug-likeness (QED) is 0.725. The third-order valence-electron chi connectivity index (χ3n) is 4.09. The molecule has 22 heavy (non-hydrogen) atoms. The molecule has 0 aliphatic carbocycles. The largest absolute Gasteiger partial charge is 0.466 e. The average molecular weight is 313 g/mol. The molecule has 5 nitrogen and oxygen atoms in total. The standard InChI is InChI=1S/C17H31NO4/c1-6-8-9-17(14(19)21-7-2)10-12-18(13-11-17)15(20)22-16(3,4)5/h6-13H2,1-5H3. The maximum absolute atomic E-state index is 12.4. The molecule has 0 N–H and O–H groups in total. The van der Waals surface area contributed by atoms with Gasteiger partial charge in [0.2, 0.25) is 0 Å². The number of ether oxygens (including phenoxy) is 2. The number of carbonyl (C=O) groups is 2. The molecule has 5 heteroatoms. The molecule has 128 valence electrons. The first-order valence-electron chi connectivity index (χ1n) is 8.39. The van der Waals surface area contributed by atoms with Crippen molar-refractivity contribution in [2.45, 2.75) is 72.3 Å². The van der Waals surface area contributed by atoms with E-state index in [9.17, 15) is 9.59 Å². The van der Waals surface area contributed by atoms with Crippen LogP contribution in [0.1, 0.15) is 66.7 Å². The van der Waals surface area contributed by atoms with E-state index in [2.05, 4.69) is 6.92 Å². The van der Waals surface area contributed by atoms with E-state index >= 15 is 0 Å². The average Bonchev–Trinajstić information content (AvgIpc) is 2.44. The molecule has 0 aromatic heterocycles. The number of likely N-dealkylation sites (tertiary alicyclic amines) is 1. The fourth-order valence-electron chi connectivity index (χ4n) is 2.80. The van der Waals surface area contributed by atoms with E-state index in [4.69, 9.17) is 9.47 Å². The van der Waals surface area contributed by atoms with Crippen LogP contribution in [-0.4, -0.2) is 42.3 Å². The van der Waals surface area contributed by atoms with Gasteiger partial charge in [0.25, 0.3) is 0 Å². The molecule has 1 aliphatic rings. The molecule has 0 unspecified atom stereocenters. The first-order valence-corrected chi connectivity index (χ1v) is 8.39. The zero-order valence-electron chi connectivity index (χ0n) is 14.7. The van der Waals surface area contributed by atoms with Crippen molar-refractivity contribution in [2.75, 3.05) is 19.7 Å². The maximum atomic E-state index is 12.4. The lowest BCUT2D eigenvalue weighted by atomic mass is 9.74. The molecule has 1 amide bonds. The van der Waals surface area contributed by atoms with Gasteiger partial charge in [-0.3, -0.25) is 4.79 Å². The van der Waals surface area contributed by atoms with Crippen molar-refractivity contribution in [3.05, 3.63) is 0 Å². The third kappa shape index (κ3) is 5.18. The summed E-state index contributed by atoms with van der Waals surface area (Å²) in [7, 11) is 0. The summed E-state index contributed by atoms with van der Waals surface area (Å²) in [5.41, 5.74) is -0.917. The Balaban J connectivity index is 2.68. The lowest BCUT2D eigenvalue weighted by molar-refractivity contribution is -0.159. The van der Waals surface area contributed by atoms with Crippen molar-refractivity contribution in [2.24, 2.45) is 5.41 Å². The Hall–Kier alpha value is -1.26. The van der Waals surface area contributed by atoms with Crippen LogP contribution >= 0.6 is 0 Å². The first-order chi connectivity index (χ1) is 10.2. The minimum atomic E-state index is -0.491. The van der Waals surface area contributed by atoms with E-state index in [1.165, 1.54) is 0 Å². The Morgan fingerprint density at radius 2 is 1.73 bits per heavy atom. The van der Waals surface area contributed by atoms with Gasteiger partial charge in [0, 0.05) is 13.1 Å². The van der Waals surface area contributed by atoms with E-state index < -0.39 is 11.0 Å². The van der Waals surface area contributed by atoms with E-state index in [0.29, 0.717) is 32.5 Å². The number of carbonyl (C=O) groups excluding carboxylic acids is 2. The summed E-state index contributed by atoms with van der Waals surface area (Å²) in [4.78, 5) is 26.2. The van der Waals surface area contributed by atoms with Crippen molar-refractivity contribution in [1.82, 2.24) is 4.90 Å². The van der Waals surface area contributed by atoms with Gasteiger partial charge in [0.1, 0.15) is 5.60 Å². The van der Waals surface area contributed by atoms with Crippen LogP contribution < -0.4 is 0 Å². The number of piperidine rings is 1. The van der Waals surface area contributed by atoms with Gasteiger partial charge in [-0.15, -0.1) is 0 Å². The molecule has 1 fully saturated rings. The highest BCUT2D eigenvalue weighted by atomic mass is 16.6. The van der Waals surface area contributed by atoms with Crippen LogP contribution in [0.5, 0.6) is 0 Å².